The molecule has 0 spiro atoms. The highest BCUT2D eigenvalue weighted by Gasteiger charge is 2.13. The van der Waals surface area contributed by atoms with E-state index in [1.165, 1.54) is 0 Å². The molecule has 0 aliphatic rings. The van der Waals surface area contributed by atoms with Gasteiger partial charge in [0.2, 0.25) is 0 Å². The van der Waals surface area contributed by atoms with E-state index in [-0.39, 0.29) is 12.6 Å². The second-order valence-electron chi connectivity index (χ2n) is 6.30. The van der Waals surface area contributed by atoms with Crippen LogP contribution in [0.4, 0.5) is 0 Å². The quantitative estimate of drug-likeness (QED) is 0.461. The zero-order valence-corrected chi connectivity index (χ0v) is 17.5. The van der Waals surface area contributed by atoms with Crippen LogP contribution in [0.2, 0.25) is 5.02 Å². The fourth-order valence-corrected chi connectivity index (χ4v) is 2.89. The van der Waals surface area contributed by atoms with Crippen molar-refractivity contribution in [2.45, 2.75) is 26.0 Å². The Bertz CT molecular complexity index is 776. The van der Waals surface area contributed by atoms with Crippen molar-refractivity contribution in [1.29, 1.82) is 0 Å². The first-order valence-corrected chi connectivity index (χ1v) is 9.56. The van der Waals surface area contributed by atoms with E-state index in [1.807, 2.05) is 38.1 Å². The van der Waals surface area contributed by atoms with Gasteiger partial charge in [0.05, 0.1) is 32.9 Å². The average molecular weight is 406 g/mol. The summed E-state index contributed by atoms with van der Waals surface area (Å²) in [6.07, 6.45) is -0.791. The number of benzene rings is 2. The second kappa shape index (κ2) is 10.8. The Labute approximate surface area is 171 Å². The third-order valence-electron chi connectivity index (χ3n) is 4.23. The molecule has 2 aromatic rings. The molecule has 0 aromatic heterocycles. The van der Waals surface area contributed by atoms with E-state index in [9.17, 15) is 5.11 Å². The highest BCUT2D eigenvalue weighted by molar-refractivity contribution is 6.30. The van der Waals surface area contributed by atoms with E-state index < -0.39 is 6.10 Å². The lowest BCUT2D eigenvalue weighted by Gasteiger charge is -2.19. The summed E-state index contributed by atoms with van der Waals surface area (Å²) in [5.74, 6) is 1.86. The molecule has 0 fully saturated rings. The predicted octanol–water partition coefficient (Wildman–Crippen LogP) is 3.71. The number of aliphatic hydroxyl groups excluding tert-OH is 1. The van der Waals surface area contributed by atoms with Crippen molar-refractivity contribution in [2.75, 3.05) is 27.3 Å². The minimum absolute atomic E-state index is 0.00514. The first kappa shape index (κ1) is 21.9. The fourth-order valence-electron chi connectivity index (χ4n) is 2.69. The Morgan fingerprint density at radius 1 is 1.11 bits per heavy atom. The van der Waals surface area contributed by atoms with Crippen LogP contribution in [0.15, 0.2) is 47.5 Å². The molecule has 0 aliphatic heterocycles. The summed E-state index contributed by atoms with van der Waals surface area (Å²) >= 11 is 6.08. The van der Waals surface area contributed by atoms with Gasteiger partial charge in [-0.1, -0.05) is 23.7 Å². The number of aliphatic hydroxyl groups is 1. The van der Waals surface area contributed by atoms with Crippen LogP contribution in [0, 0.1) is 0 Å². The molecule has 0 bridgehead atoms. The molecule has 0 saturated heterocycles. The molecule has 2 aromatic carbocycles. The van der Waals surface area contributed by atoms with Crippen molar-refractivity contribution >= 4 is 17.6 Å². The van der Waals surface area contributed by atoms with Crippen LogP contribution in [-0.2, 0) is 0 Å². The van der Waals surface area contributed by atoms with Crippen LogP contribution in [0.25, 0.3) is 0 Å². The predicted molar refractivity (Wildman–Crippen MR) is 113 cm³/mol. The van der Waals surface area contributed by atoms with Gasteiger partial charge in [0.25, 0.3) is 0 Å². The Kier molecular flexibility index (Phi) is 8.42. The SMILES string of the molecule is CCNC(=NCC(O)c1cc(OC)cc(OC)c1)NC(C)c1cccc(Cl)c1. The number of aliphatic imine (C=N–C) groups is 1. The van der Waals surface area contributed by atoms with Gasteiger partial charge in [0.15, 0.2) is 5.96 Å². The summed E-state index contributed by atoms with van der Waals surface area (Å²) in [5.41, 5.74) is 1.73. The number of hydrogen-bond acceptors (Lipinski definition) is 4. The van der Waals surface area contributed by atoms with Gasteiger partial charge in [0, 0.05) is 17.6 Å². The number of nitrogens with zero attached hydrogens (tertiary/aromatic N) is 1. The molecule has 0 amide bonds. The molecule has 7 heteroatoms. The van der Waals surface area contributed by atoms with Crippen LogP contribution in [0.1, 0.15) is 37.1 Å². The first-order chi connectivity index (χ1) is 13.5. The molecule has 0 aliphatic carbocycles. The molecule has 0 heterocycles. The highest BCUT2D eigenvalue weighted by Crippen LogP contribution is 2.26. The van der Waals surface area contributed by atoms with Crippen molar-refractivity contribution in [3.05, 3.63) is 58.6 Å². The first-order valence-electron chi connectivity index (χ1n) is 9.18. The molecular formula is C21H28ClN3O3. The lowest BCUT2D eigenvalue weighted by Crippen LogP contribution is -2.39. The van der Waals surface area contributed by atoms with E-state index in [0.717, 1.165) is 5.56 Å². The molecule has 0 radical (unpaired) electrons. The van der Waals surface area contributed by atoms with Gasteiger partial charge in [-0.05, 0) is 49.2 Å². The zero-order chi connectivity index (χ0) is 20.5. The Morgan fingerprint density at radius 3 is 2.36 bits per heavy atom. The van der Waals surface area contributed by atoms with Gasteiger partial charge in [-0.3, -0.25) is 4.99 Å². The van der Waals surface area contributed by atoms with Crippen molar-refractivity contribution in [1.82, 2.24) is 10.6 Å². The van der Waals surface area contributed by atoms with E-state index >= 15 is 0 Å². The lowest BCUT2D eigenvalue weighted by atomic mass is 10.1. The number of rotatable bonds is 8. The molecule has 2 unspecified atom stereocenters. The fraction of sp³-hybridized carbons (Fsp3) is 0.381. The molecule has 3 N–H and O–H groups in total. The van der Waals surface area contributed by atoms with Crippen LogP contribution in [0.3, 0.4) is 0 Å². The maximum Gasteiger partial charge on any atom is 0.191 e. The molecule has 152 valence electrons. The summed E-state index contributed by atoms with van der Waals surface area (Å²) in [5, 5.41) is 17.8. The van der Waals surface area contributed by atoms with Gasteiger partial charge in [-0.15, -0.1) is 0 Å². The molecule has 0 saturated carbocycles. The van der Waals surface area contributed by atoms with Crippen LogP contribution in [0.5, 0.6) is 11.5 Å². The zero-order valence-electron chi connectivity index (χ0n) is 16.7. The third-order valence-corrected chi connectivity index (χ3v) is 4.46. The minimum Gasteiger partial charge on any atom is -0.497 e. The highest BCUT2D eigenvalue weighted by atomic mass is 35.5. The van der Waals surface area contributed by atoms with E-state index in [2.05, 4.69) is 15.6 Å². The van der Waals surface area contributed by atoms with Crippen LogP contribution < -0.4 is 20.1 Å². The minimum atomic E-state index is -0.791. The number of guanidine groups is 1. The average Bonchev–Trinajstić information content (AvgIpc) is 2.71. The maximum absolute atomic E-state index is 10.6. The summed E-state index contributed by atoms with van der Waals surface area (Å²) in [7, 11) is 3.15. The normalized spacial score (nSPS) is 13.6. The summed E-state index contributed by atoms with van der Waals surface area (Å²) in [4.78, 5) is 4.52. The summed E-state index contributed by atoms with van der Waals surface area (Å²) < 4.78 is 10.5. The van der Waals surface area contributed by atoms with Crippen molar-refractivity contribution < 1.29 is 14.6 Å². The van der Waals surface area contributed by atoms with Gasteiger partial charge < -0.3 is 25.2 Å². The topological polar surface area (TPSA) is 75.1 Å². The molecule has 2 atom stereocenters. The van der Waals surface area contributed by atoms with Crippen molar-refractivity contribution in [3.63, 3.8) is 0 Å². The standard InChI is InChI=1S/C21H28ClN3O3/c1-5-23-21(25-14(2)15-7-6-8-17(22)9-15)24-13-20(26)16-10-18(27-3)12-19(11-16)28-4/h6-12,14,20,26H,5,13H2,1-4H3,(H2,23,24,25). The van der Waals surface area contributed by atoms with E-state index in [1.54, 1.807) is 32.4 Å². The van der Waals surface area contributed by atoms with Crippen molar-refractivity contribution in [3.8, 4) is 11.5 Å². The number of methoxy groups -OCH3 is 2. The van der Waals surface area contributed by atoms with Gasteiger partial charge >= 0.3 is 0 Å². The van der Waals surface area contributed by atoms with E-state index in [0.29, 0.717) is 34.6 Å². The van der Waals surface area contributed by atoms with Gasteiger partial charge in [-0.25, -0.2) is 0 Å². The Morgan fingerprint density at radius 2 is 1.79 bits per heavy atom. The summed E-state index contributed by atoms with van der Waals surface area (Å²) in [6, 6.07) is 13.0. The molecular weight excluding hydrogens is 378 g/mol. The van der Waals surface area contributed by atoms with Crippen molar-refractivity contribution in [2.24, 2.45) is 4.99 Å². The maximum atomic E-state index is 10.6. The monoisotopic (exact) mass is 405 g/mol. The van der Waals surface area contributed by atoms with E-state index in [4.69, 9.17) is 21.1 Å². The Hall–Kier alpha value is -2.44. The summed E-state index contributed by atoms with van der Waals surface area (Å²) in [6.45, 7) is 4.91. The van der Waals surface area contributed by atoms with Crippen LogP contribution >= 0.6 is 11.6 Å². The lowest BCUT2D eigenvalue weighted by molar-refractivity contribution is 0.186. The van der Waals surface area contributed by atoms with Gasteiger partial charge in [0.1, 0.15) is 11.5 Å². The van der Waals surface area contributed by atoms with Crippen LogP contribution in [-0.4, -0.2) is 38.4 Å². The molecule has 28 heavy (non-hydrogen) atoms. The number of hydrogen-bond donors (Lipinski definition) is 3. The number of nitrogens with one attached hydrogen (secondary N) is 2. The number of ether oxygens (including phenoxy) is 2. The molecule has 6 nitrogen and oxygen atoms in total. The van der Waals surface area contributed by atoms with Gasteiger partial charge in [-0.2, -0.15) is 0 Å². The molecule has 2 rings (SSSR count). The largest absolute Gasteiger partial charge is 0.497 e. The Balaban J connectivity index is 2.11. The smallest absolute Gasteiger partial charge is 0.191 e. The second-order valence-corrected chi connectivity index (χ2v) is 6.74. The third kappa shape index (κ3) is 6.32. The number of halogens is 1.